The van der Waals surface area contributed by atoms with E-state index in [1.54, 1.807) is 0 Å². The molecule has 0 unspecified atom stereocenters. The minimum atomic E-state index is 0.825. The summed E-state index contributed by atoms with van der Waals surface area (Å²) in [6, 6.07) is 28.7. The van der Waals surface area contributed by atoms with Crippen molar-refractivity contribution in [2.75, 3.05) is 11.5 Å². The fraction of sp³-hybridized carbons (Fsp3) is 0.0833. The van der Waals surface area contributed by atoms with Crippen LogP contribution in [0.1, 0.15) is 6.92 Å². The molecule has 5 rings (SSSR count). The van der Waals surface area contributed by atoms with Crippen LogP contribution in [0.3, 0.4) is 0 Å². The summed E-state index contributed by atoms with van der Waals surface area (Å²) in [5, 5.41) is 4.87. The minimum Gasteiger partial charge on any atom is -0.399 e. The van der Waals surface area contributed by atoms with E-state index in [1.165, 1.54) is 27.2 Å². The molecule has 0 saturated carbocycles. The second-order valence-corrected chi connectivity index (χ2v) is 6.61. The number of hydrogen-bond acceptors (Lipinski definition) is 2. The minimum absolute atomic E-state index is 0.825. The van der Waals surface area contributed by atoms with Gasteiger partial charge in [0, 0.05) is 45.1 Å². The largest absolute Gasteiger partial charge is 0.399 e. The summed E-state index contributed by atoms with van der Waals surface area (Å²) in [6.45, 7) is 3.15. The molecule has 0 amide bonds. The van der Waals surface area contributed by atoms with Crippen LogP contribution in [0.5, 0.6) is 0 Å². The number of aromatic nitrogens is 1. The third-order valence-electron chi connectivity index (χ3n) is 4.94. The van der Waals surface area contributed by atoms with E-state index < -0.39 is 0 Å². The average Bonchev–Trinajstić information content (AvgIpc) is 3.02. The zero-order chi connectivity index (χ0) is 18.8. The predicted octanol–water partition coefficient (Wildman–Crippen LogP) is 5.82. The van der Waals surface area contributed by atoms with E-state index in [0.717, 1.165) is 23.3 Å². The molecule has 3 nitrogen and oxygen atoms in total. The van der Waals surface area contributed by atoms with Gasteiger partial charge in [0.25, 0.3) is 0 Å². The van der Waals surface area contributed by atoms with Crippen molar-refractivity contribution in [1.29, 1.82) is 0 Å². The molecular formula is C24H23N3. The lowest BCUT2D eigenvalue weighted by atomic mass is 10.1. The van der Waals surface area contributed by atoms with Gasteiger partial charge >= 0.3 is 0 Å². The Labute approximate surface area is 158 Å². The topological polar surface area (TPSA) is 57.0 Å². The first-order valence-corrected chi connectivity index (χ1v) is 9.18. The lowest BCUT2D eigenvalue weighted by molar-refractivity contribution is 0.827. The van der Waals surface area contributed by atoms with Gasteiger partial charge in [-0.15, -0.1) is 0 Å². The summed E-state index contributed by atoms with van der Waals surface area (Å²) in [5.74, 6) is 0. The highest BCUT2D eigenvalue weighted by Crippen LogP contribution is 2.30. The maximum Gasteiger partial charge on any atom is 0.0492 e. The third kappa shape index (κ3) is 3.08. The van der Waals surface area contributed by atoms with Gasteiger partial charge in [0.2, 0.25) is 0 Å². The number of fused-ring (bicyclic) bond motifs is 4. The molecule has 1 heterocycles. The first-order valence-electron chi connectivity index (χ1n) is 9.18. The van der Waals surface area contributed by atoms with E-state index in [0.29, 0.717) is 0 Å². The Bertz CT molecular complexity index is 1230. The number of nitrogens with two attached hydrogens (primary N) is 2. The molecule has 0 aliphatic rings. The highest BCUT2D eigenvalue weighted by Gasteiger charge is 2.08. The molecule has 0 fully saturated rings. The second-order valence-electron chi connectivity index (χ2n) is 6.61. The number of benzene rings is 4. The Morgan fingerprint density at radius 3 is 2.11 bits per heavy atom. The third-order valence-corrected chi connectivity index (χ3v) is 4.94. The number of hydrogen-bond donors (Lipinski definition) is 2. The number of nitrogen functional groups attached to an aromatic ring is 2. The molecule has 0 aliphatic carbocycles. The summed E-state index contributed by atoms with van der Waals surface area (Å²) >= 11 is 0. The van der Waals surface area contributed by atoms with Crippen molar-refractivity contribution < 1.29 is 0 Å². The molecule has 134 valence electrons. The average molecular weight is 353 g/mol. The molecule has 0 aliphatic heterocycles. The molecule has 4 aromatic carbocycles. The molecule has 27 heavy (non-hydrogen) atoms. The first-order chi connectivity index (χ1) is 13.2. The molecule has 0 saturated heterocycles. The SMILES string of the molecule is CCn1c2ccccc2c2cc(N)ccc21.Nc1cccc2ccccc12. The Morgan fingerprint density at radius 1 is 0.667 bits per heavy atom. The van der Waals surface area contributed by atoms with Crippen molar-refractivity contribution in [3.63, 3.8) is 0 Å². The zero-order valence-corrected chi connectivity index (χ0v) is 15.4. The fourth-order valence-corrected chi connectivity index (χ4v) is 3.66. The number of para-hydroxylation sites is 1. The van der Waals surface area contributed by atoms with Crippen LogP contribution in [0.25, 0.3) is 32.6 Å². The van der Waals surface area contributed by atoms with Crippen LogP contribution in [0.4, 0.5) is 11.4 Å². The van der Waals surface area contributed by atoms with E-state index >= 15 is 0 Å². The van der Waals surface area contributed by atoms with Crippen molar-refractivity contribution in [2.24, 2.45) is 0 Å². The van der Waals surface area contributed by atoms with Crippen molar-refractivity contribution in [2.45, 2.75) is 13.5 Å². The highest BCUT2D eigenvalue weighted by atomic mass is 15.0. The predicted molar refractivity (Wildman–Crippen MR) is 118 cm³/mol. The van der Waals surface area contributed by atoms with E-state index in [2.05, 4.69) is 60.0 Å². The van der Waals surface area contributed by atoms with Gasteiger partial charge in [-0.05, 0) is 42.6 Å². The molecule has 5 aromatic rings. The van der Waals surface area contributed by atoms with Gasteiger partial charge < -0.3 is 16.0 Å². The summed E-state index contributed by atoms with van der Waals surface area (Å²) < 4.78 is 2.32. The fourth-order valence-electron chi connectivity index (χ4n) is 3.66. The highest BCUT2D eigenvalue weighted by molar-refractivity contribution is 6.08. The lowest BCUT2D eigenvalue weighted by Gasteiger charge is -2.02. The van der Waals surface area contributed by atoms with E-state index in [4.69, 9.17) is 11.5 Å². The van der Waals surface area contributed by atoms with Crippen LogP contribution in [0.2, 0.25) is 0 Å². The molecule has 3 heteroatoms. The van der Waals surface area contributed by atoms with Crippen molar-refractivity contribution >= 4 is 44.0 Å². The molecule has 1 aromatic heterocycles. The van der Waals surface area contributed by atoms with Crippen LogP contribution in [-0.2, 0) is 6.54 Å². The van der Waals surface area contributed by atoms with E-state index in [-0.39, 0.29) is 0 Å². The van der Waals surface area contributed by atoms with Crippen LogP contribution in [-0.4, -0.2) is 4.57 Å². The van der Waals surface area contributed by atoms with Crippen LogP contribution >= 0.6 is 0 Å². The van der Waals surface area contributed by atoms with Crippen LogP contribution < -0.4 is 11.5 Å². The van der Waals surface area contributed by atoms with Crippen LogP contribution in [0, 0.1) is 0 Å². The molecule has 0 atom stereocenters. The summed E-state index contributed by atoms with van der Waals surface area (Å²) in [4.78, 5) is 0. The van der Waals surface area contributed by atoms with Crippen LogP contribution in [0.15, 0.2) is 84.9 Å². The maximum absolute atomic E-state index is 5.86. The standard InChI is InChI=1S/C14H14N2.C10H9N/c1-2-16-13-6-4-3-5-11(13)12-9-10(15)7-8-14(12)16;11-10-7-3-5-8-4-1-2-6-9(8)10/h3-9H,2,15H2,1H3;1-7H,11H2. The Morgan fingerprint density at radius 2 is 1.33 bits per heavy atom. The van der Waals surface area contributed by atoms with Gasteiger partial charge in [-0.2, -0.15) is 0 Å². The maximum atomic E-state index is 5.86. The van der Waals surface area contributed by atoms with Gasteiger partial charge in [0.05, 0.1) is 0 Å². The molecule has 4 N–H and O–H groups in total. The number of aryl methyl sites for hydroxylation is 1. The number of nitrogens with zero attached hydrogens (tertiary/aromatic N) is 1. The molecule has 0 radical (unpaired) electrons. The molecule has 0 spiro atoms. The monoisotopic (exact) mass is 353 g/mol. The van der Waals surface area contributed by atoms with Gasteiger partial charge in [-0.3, -0.25) is 0 Å². The number of rotatable bonds is 1. The Balaban J connectivity index is 0.000000143. The first kappa shape index (κ1) is 17.0. The van der Waals surface area contributed by atoms with E-state index in [1.807, 2.05) is 36.4 Å². The zero-order valence-electron chi connectivity index (χ0n) is 15.4. The Kier molecular flexibility index (Phi) is 4.43. The van der Waals surface area contributed by atoms with Gasteiger partial charge in [0.15, 0.2) is 0 Å². The summed E-state index contributed by atoms with van der Waals surface area (Å²) in [5.41, 5.74) is 15.8. The van der Waals surface area contributed by atoms with Gasteiger partial charge in [-0.1, -0.05) is 54.6 Å². The van der Waals surface area contributed by atoms with E-state index in [9.17, 15) is 0 Å². The summed E-state index contributed by atoms with van der Waals surface area (Å²) in [7, 11) is 0. The van der Waals surface area contributed by atoms with Crippen molar-refractivity contribution in [1.82, 2.24) is 4.57 Å². The smallest absolute Gasteiger partial charge is 0.0492 e. The molecule has 0 bridgehead atoms. The lowest BCUT2D eigenvalue weighted by Crippen LogP contribution is -1.92. The molecular weight excluding hydrogens is 330 g/mol. The second kappa shape index (κ2) is 7.04. The quantitative estimate of drug-likeness (QED) is 0.373. The van der Waals surface area contributed by atoms with Crippen molar-refractivity contribution in [3.8, 4) is 0 Å². The van der Waals surface area contributed by atoms with Gasteiger partial charge in [-0.25, -0.2) is 0 Å². The van der Waals surface area contributed by atoms with Gasteiger partial charge in [0.1, 0.15) is 0 Å². The Hall–Kier alpha value is -3.46. The summed E-state index contributed by atoms with van der Waals surface area (Å²) in [6.07, 6.45) is 0. The normalized spacial score (nSPS) is 10.9. The van der Waals surface area contributed by atoms with Crippen molar-refractivity contribution in [3.05, 3.63) is 84.9 Å². The number of anilines is 2.